The Morgan fingerprint density at radius 1 is 1.41 bits per heavy atom. The fourth-order valence-corrected chi connectivity index (χ4v) is 3.15. The van der Waals surface area contributed by atoms with Crippen LogP contribution in [0.25, 0.3) is 0 Å². The van der Waals surface area contributed by atoms with Crippen LogP contribution in [0, 0.1) is 0 Å². The lowest BCUT2D eigenvalue weighted by Crippen LogP contribution is -2.41. The summed E-state index contributed by atoms with van der Waals surface area (Å²) in [4.78, 5) is 13.2. The molecule has 0 saturated heterocycles. The van der Waals surface area contributed by atoms with Gasteiger partial charge in [-0.05, 0) is 36.6 Å². The lowest BCUT2D eigenvalue weighted by Gasteiger charge is -2.15. The molecule has 0 bridgehead atoms. The highest BCUT2D eigenvalue weighted by Gasteiger charge is 2.10. The van der Waals surface area contributed by atoms with Crippen LogP contribution in [0.4, 0.5) is 4.79 Å². The summed E-state index contributed by atoms with van der Waals surface area (Å²) in [6.07, 6.45) is 0.825. The molecule has 2 aromatic rings. The van der Waals surface area contributed by atoms with Crippen LogP contribution in [-0.2, 0) is 13.0 Å². The van der Waals surface area contributed by atoms with E-state index in [1.54, 1.807) is 36.6 Å². The molecule has 2 amide bonds. The number of hydrogen-bond donors (Lipinski definition) is 2. The van der Waals surface area contributed by atoms with Crippen molar-refractivity contribution in [3.05, 3.63) is 51.2 Å². The Kier molecular flexibility index (Phi) is 6.10. The van der Waals surface area contributed by atoms with E-state index in [2.05, 4.69) is 16.7 Å². The summed E-state index contributed by atoms with van der Waals surface area (Å²) >= 11 is 7.66. The van der Waals surface area contributed by atoms with Gasteiger partial charge in [0.05, 0.1) is 7.11 Å². The number of urea groups is 1. The largest absolute Gasteiger partial charge is 0.496 e. The fraction of sp³-hybridized carbons (Fsp3) is 0.312. The summed E-state index contributed by atoms with van der Waals surface area (Å²) in [7, 11) is 1.59. The summed E-state index contributed by atoms with van der Waals surface area (Å²) < 4.78 is 5.25. The van der Waals surface area contributed by atoms with Crippen LogP contribution < -0.4 is 15.4 Å². The number of methoxy groups -OCH3 is 1. The Bertz CT molecular complexity index is 617. The van der Waals surface area contributed by atoms with Gasteiger partial charge in [0.15, 0.2) is 0 Å². The zero-order valence-electron chi connectivity index (χ0n) is 12.6. The van der Waals surface area contributed by atoms with Crippen LogP contribution in [0.2, 0.25) is 5.02 Å². The number of hydrogen-bond acceptors (Lipinski definition) is 3. The Labute approximate surface area is 139 Å². The van der Waals surface area contributed by atoms with Gasteiger partial charge >= 0.3 is 6.03 Å². The molecule has 118 valence electrons. The Hall–Kier alpha value is -1.72. The standard InChI is InChI=1S/C16H19ClN2O2S/c1-11(8-14-4-3-7-22-14)19-16(20)18-10-12-9-13(17)5-6-15(12)21-2/h3-7,9,11H,8,10H2,1-2H3,(H2,18,19,20). The highest BCUT2D eigenvalue weighted by molar-refractivity contribution is 7.09. The van der Waals surface area contributed by atoms with Gasteiger partial charge < -0.3 is 15.4 Å². The minimum absolute atomic E-state index is 0.0694. The summed E-state index contributed by atoms with van der Waals surface area (Å²) in [6, 6.07) is 9.28. The third-order valence-electron chi connectivity index (χ3n) is 3.15. The Morgan fingerprint density at radius 3 is 2.91 bits per heavy atom. The van der Waals surface area contributed by atoms with Crippen LogP contribution in [0.15, 0.2) is 35.7 Å². The molecule has 0 radical (unpaired) electrons. The number of amides is 2. The van der Waals surface area contributed by atoms with Gasteiger partial charge in [0.1, 0.15) is 5.75 Å². The molecule has 1 aromatic heterocycles. The minimum atomic E-state index is -0.203. The molecule has 0 spiro atoms. The molecule has 4 nitrogen and oxygen atoms in total. The quantitative estimate of drug-likeness (QED) is 0.840. The first kappa shape index (κ1) is 16.6. The van der Waals surface area contributed by atoms with Gasteiger partial charge in [-0.15, -0.1) is 11.3 Å². The average molecular weight is 339 g/mol. The number of nitrogens with one attached hydrogen (secondary N) is 2. The highest BCUT2D eigenvalue weighted by atomic mass is 35.5. The van der Waals surface area contributed by atoms with Gasteiger partial charge in [-0.3, -0.25) is 0 Å². The molecule has 2 N–H and O–H groups in total. The van der Waals surface area contributed by atoms with Gasteiger partial charge in [-0.2, -0.15) is 0 Å². The van der Waals surface area contributed by atoms with Crippen LogP contribution >= 0.6 is 22.9 Å². The van der Waals surface area contributed by atoms with E-state index in [-0.39, 0.29) is 12.1 Å². The molecule has 0 aliphatic heterocycles. The molecule has 0 fully saturated rings. The normalized spacial score (nSPS) is 11.8. The highest BCUT2D eigenvalue weighted by Crippen LogP contribution is 2.22. The monoisotopic (exact) mass is 338 g/mol. The molecule has 0 aliphatic rings. The zero-order valence-corrected chi connectivity index (χ0v) is 14.1. The van der Waals surface area contributed by atoms with Crippen LogP contribution in [-0.4, -0.2) is 19.2 Å². The maximum Gasteiger partial charge on any atom is 0.315 e. The second-order valence-corrected chi connectivity index (χ2v) is 6.44. The van der Waals surface area contributed by atoms with E-state index in [9.17, 15) is 4.79 Å². The lowest BCUT2D eigenvalue weighted by molar-refractivity contribution is 0.237. The summed E-state index contributed by atoms with van der Waals surface area (Å²) in [5, 5.41) is 8.40. The third-order valence-corrected chi connectivity index (χ3v) is 4.28. The van der Waals surface area contributed by atoms with Crippen molar-refractivity contribution in [2.24, 2.45) is 0 Å². The number of carbonyl (C=O) groups excluding carboxylic acids is 1. The molecule has 1 unspecified atom stereocenters. The van der Waals surface area contributed by atoms with Gasteiger partial charge in [-0.25, -0.2) is 4.79 Å². The van der Waals surface area contributed by atoms with Crippen molar-refractivity contribution in [3.63, 3.8) is 0 Å². The molecule has 1 heterocycles. The molecular weight excluding hydrogens is 320 g/mol. The van der Waals surface area contributed by atoms with Crippen molar-refractivity contribution in [2.45, 2.75) is 25.9 Å². The van der Waals surface area contributed by atoms with E-state index in [0.717, 1.165) is 12.0 Å². The first-order chi connectivity index (χ1) is 10.6. The van der Waals surface area contributed by atoms with Crippen molar-refractivity contribution in [1.29, 1.82) is 0 Å². The molecule has 0 saturated carbocycles. The number of benzene rings is 1. The van der Waals surface area contributed by atoms with Crippen LogP contribution in [0.1, 0.15) is 17.4 Å². The predicted molar refractivity (Wildman–Crippen MR) is 90.9 cm³/mol. The van der Waals surface area contributed by atoms with Crippen molar-refractivity contribution in [2.75, 3.05) is 7.11 Å². The summed E-state index contributed by atoms with van der Waals surface area (Å²) in [6.45, 7) is 2.35. The van der Waals surface area contributed by atoms with E-state index in [0.29, 0.717) is 17.3 Å². The fourth-order valence-electron chi connectivity index (χ4n) is 2.12. The van der Waals surface area contributed by atoms with E-state index in [1.807, 2.05) is 18.4 Å². The number of halogens is 1. The number of carbonyl (C=O) groups is 1. The zero-order chi connectivity index (χ0) is 15.9. The van der Waals surface area contributed by atoms with E-state index in [4.69, 9.17) is 16.3 Å². The maximum atomic E-state index is 11.9. The summed E-state index contributed by atoms with van der Waals surface area (Å²) in [5.74, 6) is 0.705. The van der Waals surface area contributed by atoms with Crippen LogP contribution in [0.3, 0.4) is 0 Å². The molecule has 1 atom stereocenters. The topological polar surface area (TPSA) is 50.4 Å². The van der Waals surface area contributed by atoms with Crippen LogP contribution in [0.5, 0.6) is 5.75 Å². The van der Waals surface area contributed by atoms with Gasteiger partial charge in [0, 0.05) is 34.5 Å². The molecular formula is C16H19ClN2O2S. The van der Waals surface area contributed by atoms with Crippen molar-refractivity contribution in [3.8, 4) is 5.75 Å². The molecule has 2 rings (SSSR count). The molecule has 6 heteroatoms. The number of rotatable bonds is 6. The van der Waals surface area contributed by atoms with E-state index < -0.39 is 0 Å². The van der Waals surface area contributed by atoms with E-state index >= 15 is 0 Å². The number of thiophene rings is 1. The first-order valence-corrected chi connectivity index (χ1v) is 8.23. The summed E-state index contributed by atoms with van der Waals surface area (Å²) in [5.41, 5.74) is 0.844. The van der Waals surface area contributed by atoms with Gasteiger partial charge in [0.2, 0.25) is 0 Å². The smallest absolute Gasteiger partial charge is 0.315 e. The molecule has 22 heavy (non-hydrogen) atoms. The average Bonchev–Trinajstić information content (AvgIpc) is 2.98. The van der Waals surface area contributed by atoms with Crippen molar-refractivity contribution >= 4 is 29.0 Å². The number of ether oxygens (including phenoxy) is 1. The molecule has 1 aromatic carbocycles. The van der Waals surface area contributed by atoms with E-state index in [1.165, 1.54) is 4.88 Å². The van der Waals surface area contributed by atoms with Crippen molar-refractivity contribution in [1.82, 2.24) is 10.6 Å². The second-order valence-electron chi connectivity index (χ2n) is 4.97. The lowest BCUT2D eigenvalue weighted by atomic mass is 10.2. The minimum Gasteiger partial charge on any atom is -0.496 e. The Balaban J connectivity index is 1.83. The maximum absolute atomic E-state index is 11.9. The van der Waals surface area contributed by atoms with Crippen molar-refractivity contribution < 1.29 is 9.53 Å². The second kappa shape index (κ2) is 8.06. The predicted octanol–water partition coefficient (Wildman–Crippen LogP) is 3.84. The SMILES string of the molecule is COc1ccc(Cl)cc1CNC(=O)NC(C)Cc1cccs1. The van der Waals surface area contributed by atoms with Gasteiger partial charge in [-0.1, -0.05) is 17.7 Å². The third kappa shape index (κ3) is 4.93. The van der Waals surface area contributed by atoms with Gasteiger partial charge in [0.25, 0.3) is 0 Å². The Morgan fingerprint density at radius 2 is 2.23 bits per heavy atom. The molecule has 0 aliphatic carbocycles. The first-order valence-electron chi connectivity index (χ1n) is 6.97.